The van der Waals surface area contributed by atoms with Gasteiger partial charge in [0.2, 0.25) is 5.91 Å². The highest BCUT2D eigenvalue weighted by molar-refractivity contribution is 5.97. The normalized spacial score (nSPS) is 24.1. The Kier molecular flexibility index (Phi) is 5.72. The van der Waals surface area contributed by atoms with E-state index in [1.807, 2.05) is 34.1 Å². The van der Waals surface area contributed by atoms with Gasteiger partial charge in [-0.2, -0.15) is 0 Å². The molecule has 1 saturated carbocycles. The minimum absolute atomic E-state index is 0.123. The van der Waals surface area contributed by atoms with Gasteiger partial charge in [-0.25, -0.2) is 0 Å². The maximum absolute atomic E-state index is 13.2. The average molecular weight is 384 g/mol. The summed E-state index contributed by atoms with van der Waals surface area (Å²) in [6.07, 6.45) is 5.33. The molecule has 5 nitrogen and oxygen atoms in total. The third-order valence-electron chi connectivity index (χ3n) is 6.50. The molecule has 0 unspecified atom stereocenters. The molecule has 0 spiro atoms. The van der Waals surface area contributed by atoms with E-state index in [4.69, 9.17) is 0 Å². The van der Waals surface area contributed by atoms with Gasteiger partial charge in [-0.1, -0.05) is 13.8 Å². The molecule has 0 radical (unpaired) electrons. The SMILES string of the molecule is CC(C)[C@H]1CN(C(=O)c2ccc(N3CCCC3=O)cc2)CCCN1CC1CC1. The lowest BCUT2D eigenvalue weighted by molar-refractivity contribution is -0.117. The predicted molar refractivity (Wildman–Crippen MR) is 111 cm³/mol. The van der Waals surface area contributed by atoms with Crippen molar-refractivity contribution < 1.29 is 9.59 Å². The van der Waals surface area contributed by atoms with Gasteiger partial charge in [0.05, 0.1) is 0 Å². The Hall–Kier alpha value is -1.88. The standard InChI is InChI=1S/C23H33N3O2/c1-17(2)21-16-25(13-4-12-24(21)15-18-6-7-18)23(28)19-8-10-20(11-9-19)26-14-3-5-22(26)27/h8-11,17-18,21H,3-7,12-16H2,1-2H3/t21-/m1/s1. The summed E-state index contributed by atoms with van der Waals surface area (Å²) >= 11 is 0. The Labute approximate surface area is 168 Å². The molecule has 3 aliphatic rings. The number of rotatable bonds is 5. The van der Waals surface area contributed by atoms with Crippen LogP contribution >= 0.6 is 0 Å². The lowest BCUT2D eigenvalue weighted by atomic mass is 10.0. The maximum atomic E-state index is 13.2. The van der Waals surface area contributed by atoms with Crippen molar-refractivity contribution in [1.82, 2.24) is 9.80 Å². The van der Waals surface area contributed by atoms with Crippen molar-refractivity contribution in [1.29, 1.82) is 0 Å². The first-order valence-electron chi connectivity index (χ1n) is 11.0. The zero-order valence-electron chi connectivity index (χ0n) is 17.3. The molecular weight excluding hydrogens is 350 g/mol. The van der Waals surface area contributed by atoms with Crippen LogP contribution in [0.1, 0.15) is 56.3 Å². The molecule has 3 fully saturated rings. The van der Waals surface area contributed by atoms with Crippen molar-refractivity contribution in [2.45, 2.75) is 52.0 Å². The highest BCUT2D eigenvalue weighted by Crippen LogP contribution is 2.32. The van der Waals surface area contributed by atoms with Crippen LogP contribution in [0.5, 0.6) is 0 Å². The lowest BCUT2D eigenvalue weighted by Gasteiger charge is -2.34. The van der Waals surface area contributed by atoms with E-state index in [1.165, 1.54) is 19.4 Å². The van der Waals surface area contributed by atoms with Crippen LogP contribution in [-0.2, 0) is 4.79 Å². The van der Waals surface area contributed by atoms with Crippen LogP contribution in [0.25, 0.3) is 0 Å². The van der Waals surface area contributed by atoms with Gasteiger partial charge < -0.3 is 9.80 Å². The first-order chi connectivity index (χ1) is 13.5. The summed E-state index contributed by atoms with van der Waals surface area (Å²) in [7, 11) is 0. The number of carbonyl (C=O) groups is 2. The molecule has 4 rings (SSSR count). The van der Waals surface area contributed by atoms with Gasteiger partial charge in [-0.3, -0.25) is 14.5 Å². The zero-order chi connectivity index (χ0) is 19.7. The number of amides is 2. The fraction of sp³-hybridized carbons (Fsp3) is 0.652. The molecule has 5 heteroatoms. The number of benzene rings is 1. The van der Waals surface area contributed by atoms with E-state index in [1.54, 1.807) is 0 Å². The van der Waals surface area contributed by atoms with Crippen LogP contribution in [0, 0.1) is 11.8 Å². The second kappa shape index (κ2) is 8.24. The summed E-state index contributed by atoms with van der Waals surface area (Å²) in [5.41, 5.74) is 1.64. The fourth-order valence-electron chi connectivity index (χ4n) is 4.63. The predicted octanol–water partition coefficient (Wildman–Crippen LogP) is 3.40. The third kappa shape index (κ3) is 4.24. The van der Waals surface area contributed by atoms with E-state index in [-0.39, 0.29) is 11.8 Å². The Morgan fingerprint density at radius 3 is 2.43 bits per heavy atom. The van der Waals surface area contributed by atoms with E-state index >= 15 is 0 Å². The van der Waals surface area contributed by atoms with Crippen LogP contribution in [0.2, 0.25) is 0 Å². The minimum atomic E-state index is 0.123. The molecule has 1 aromatic carbocycles. The smallest absolute Gasteiger partial charge is 0.253 e. The molecule has 2 heterocycles. The molecule has 2 saturated heterocycles. The third-order valence-corrected chi connectivity index (χ3v) is 6.50. The van der Waals surface area contributed by atoms with Crippen LogP contribution in [0.4, 0.5) is 5.69 Å². The van der Waals surface area contributed by atoms with Crippen molar-refractivity contribution in [3.05, 3.63) is 29.8 Å². The number of anilines is 1. The van der Waals surface area contributed by atoms with Gasteiger partial charge in [0.25, 0.3) is 5.91 Å². The molecule has 2 amide bonds. The van der Waals surface area contributed by atoms with Gasteiger partial charge >= 0.3 is 0 Å². The van der Waals surface area contributed by atoms with Gasteiger partial charge in [0.15, 0.2) is 0 Å². The second-order valence-corrected chi connectivity index (χ2v) is 9.05. The van der Waals surface area contributed by atoms with Crippen molar-refractivity contribution >= 4 is 17.5 Å². The van der Waals surface area contributed by atoms with Gasteiger partial charge in [-0.05, 0) is 61.8 Å². The molecule has 2 aliphatic heterocycles. The molecule has 0 aromatic heterocycles. The summed E-state index contributed by atoms with van der Waals surface area (Å²) in [5, 5.41) is 0. The van der Waals surface area contributed by atoms with E-state index in [9.17, 15) is 9.59 Å². The van der Waals surface area contributed by atoms with Crippen molar-refractivity contribution in [2.75, 3.05) is 37.6 Å². The van der Waals surface area contributed by atoms with E-state index in [0.29, 0.717) is 18.4 Å². The summed E-state index contributed by atoms with van der Waals surface area (Å²) < 4.78 is 0. The molecule has 1 atom stereocenters. The minimum Gasteiger partial charge on any atom is -0.337 e. The van der Waals surface area contributed by atoms with Crippen LogP contribution < -0.4 is 4.90 Å². The fourth-order valence-corrected chi connectivity index (χ4v) is 4.63. The van der Waals surface area contributed by atoms with Gasteiger partial charge in [-0.15, -0.1) is 0 Å². The Bertz CT molecular complexity index is 711. The highest BCUT2D eigenvalue weighted by Gasteiger charge is 2.33. The Morgan fingerprint density at radius 1 is 1.07 bits per heavy atom. The largest absolute Gasteiger partial charge is 0.337 e. The van der Waals surface area contributed by atoms with Crippen LogP contribution in [0.3, 0.4) is 0 Å². The van der Waals surface area contributed by atoms with Crippen molar-refractivity contribution in [2.24, 2.45) is 11.8 Å². The average Bonchev–Trinajstić information content (AvgIpc) is 3.44. The molecule has 152 valence electrons. The Balaban J connectivity index is 1.45. The summed E-state index contributed by atoms with van der Waals surface area (Å²) in [6.45, 7) is 9.28. The number of nitrogens with zero attached hydrogens (tertiary/aromatic N) is 3. The first-order valence-corrected chi connectivity index (χ1v) is 11.0. The van der Waals surface area contributed by atoms with Gasteiger partial charge in [0, 0.05) is 56.4 Å². The van der Waals surface area contributed by atoms with Gasteiger partial charge in [0.1, 0.15) is 0 Å². The topological polar surface area (TPSA) is 43.9 Å². The van der Waals surface area contributed by atoms with Crippen LogP contribution in [-0.4, -0.2) is 60.4 Å². The van der Waals surface area contributed by atoms with Crippen molar-refractivity contribution in [3.8, 4) is 0 Å². The van der Waals surface area contributed by atoms with E-state index in [0.717, 1.165) is 56.2 Å². The number of hydrogen-bond donors (Lipinski definition) is 0. The van der Waals surface area contributed by atoms with E-state index in [2.05, 4.69) is 18.7 Å². The quantitative estimate of drug-likeness (QED) is 0.783. The van der Waals surface area contributed by atoms with Crippen molar-refractivity contribution in [3.63, 3.8) is 0 Å². The monoisotopic (exact) mass is 383 g/mol. The maximum Gasteiger partial charge on any atom is 0.253 e. The van der Waals surface area contributed by atoms with E-state index < -0.39 is 0 Å². The first kappa shape index (κ1) is 19.4. The van der Waals surface area contributed by atoms with Crippen LogP contribution in [0.15, 0.2) is 24.3 Å². The summed E-state index contributed by atoms with van der Waals surface area (Å²) in [6, 6.07) is 8.07. The Morgan fingerprint density at radius 2 is 1.82 bits per heavy atom. The molecule has 0 bridgehead atoms. The second-order valence-electron chi connectivity index (χ2n) is 9.05. The number of hydrogen-bond acceptors (Lipinski definition) is 3. The lowest BCUT2D eigenvalue weighted by Crippen LogP contribution is -2.46. The molecular formula is C23H33N3O2. The molecule has 1 aliphatic carbocycles. The number of carbonyl (C=O) groups excluding carboxylic acids is 2. The zero-order valence-corrected chi connectivity index (χ0v) is 17.3. The summed E-state index contributed by atoms with van der Waals surface area (Å²) in [5.74, 6) is 1.72. The molecule has 1 aromatic rings. The molecule has 0 N–H and O–H groups in total. The summed E-state index contributed by atoms with van der Waals surface area (Å²) in [4.78, 5) is 31.6. The molecule has 28 heavy (non-hydrogen) atoms. The highest BCUT2D eigenvalue weighted by atomic mass is 16.2.